The first-order chi connectivity index (χ1) is 9.49. The van der Waals surface area contributed by atoms with Gasteiger partial charge in [-0.3, -0.25) is 4.79 Å². The topological polar surface area (TPSA) is 75.6 Å². The van der Waals surface area contributed by atoms with Crippen molar-refractivity contribution in [1.29, 1.82) is 0 Å². The monoisotopic (exact) mass is 279 g/mol. The van der Waals surface area contributed by atoms with Crippen LogP contribution in [0.3, 0.4) is 0 Å². The van der Waals surface area contributed by atoms with Crippen LogP contribution in [-0.4, -0.2) is 29.6 Å². The van der Waals surface area contributed by atoms with E-state index in [2.05, 4.69) is 5.32 Å². The molecule has 1 aromatic rings. The van der Waals surface area contributed by atoms with Crippen LogP contribution in [0.5, 0.6) is 0 Å². The van der Waals surface area contributed by atoms with Gasteiger partial charge in [-0.15, -0.1) is 0 Å². The second kappa shape index (κ2) is 8.32. The Morgan fingerprint density at radius 3 is 2.45 bits per heavy atom. The van der Waals surface area contributed by atoms with Crippen molar-refractivity contribution in [2.75, 3.05) is 6.61 Å². The molecule has 110 valence electrons. The van der Waals surface area contributed by atoms with Crippen molar-refractivity contribution in [2.45, 2.75) is 32.9 Å². The maximum absolute atomic E-state index is 11.6. The van der Waals surface area contributed by atoms with E-state index in [0.29, 0.717) is 13.0 Å². The number of hydrogen-bond donors (Lipinski definition) is 2. The first kappa shape index (κ1) is 16.2. The molecule has 5 nitrogen and oxygen atoms in total. The van der Waals surface area contributed by atoms with Crippen molar-refractivity contribution >= 4 is 11.9 Å². The SMILES string of the molecule is CC(C)CC(NC(=O)COCc1ccccc1)C(=O)O. The maximum atomic E-state index is 11.6. The summed E-state index contributed by atoms with van der Waals surface area (Å²) in [6.07, 6.45) is 0.403. The average molecular weight is 279 g/mol. The molecule has 0 spiro atoms. The van der Waals surface area contributed by atoms with E-state index in [-0.39, 0.29) is 12.5 Å². The van der Waals surface area contributed by atoms with Gasteiger partial charge in [0.2, 0.25) is 5.91 Å². The zero-order chi connectivity index (χ0) is 15.0. The lowest BCUT2D eigenvalue weighted by Gasteiger charge is -2.16. The molecule has 20 heavy (non-hydrogen) atoms. The summed E-state index contributed by atoms with van der Waals surface area (Å²) in [6.45, 7) is 4.01. The molecule has 0 aromatic heterocycles. The number of carboxylic acids is 1. The van der Waals surface area contributed by atoms with Gasteiger partial charge >= 0.3 is 5.97 Å². The summed E-state index contributed by atoms with van der Waals surface area (Å²) in [5.41, 5.74) is 0.970. The van der Waals surface area contributed by atoms with E-state index >= 15 is 0 Å². The Hall–Kier alpha value is -1.88. The van der Waals surface area contributed by atoms with Crippen LogP contribution in [0.25, 0.3) is 0 Å². The van der Waals surface area contributed by atoms with E-state index in [4.69, 9.17) is 9.84 Å². The zero-order valence-corrected chi connectivity index (χ0v) is 11.8. The van der Waals surface area contributed by atoms with E-state index < -0.39 is 17.9 Å². The molecule has 0 aliphatic rings. The van der Waals surface area contributed by atoms with E-state index in [9.17, 15) is 9.59 Å². The Morgan fingerprint density at radius 1 is 1.25 bits per heavy atom. The van der Waals surface area contributed by atoms with Gasteiger partial charge in [0.25, 0.3) is 0 Å². The van der Waals surface area contributed by atoms with Crippen LogP contribution < -0.4 is 5.32 Å². The quantitative estimate of drug-likeness (QED) is 0.761. The van der Waals surface area contributed by atoms with Crippen molar-refractivity contribution < 1.29 is 19.4 Å². The van der Waals surface area contributed by atoms with Gasteiger partial charge in [-0.25, -0.2) is 4.79 Å². The summed E-state index contributed by atoms with van der Waals surface area (Å²) in [7, 11) is 0. The second-order valence-electron chi connectivity index (χ2n) is 5.07. The van der Waals surface area contributed by atoms with Crippen LogP contribution in [0, 0.1) is 5.92 Å². The number of carbonyl (C=O) groups is 2. The Balaban J connectivity index is 2.33. The highest BCUT2D eigenvalue weighted by Crippen LogP contribution is 2.05. The molecule has 1 atom stereocenters. The molecule has 1 rings (SSSR count). The minimum atomic E-state index is -1.02. The summed E-state index contributed by atoms with van der Waals surface area (Å²) in [4.78, 5) is 22.6. The summed E-state index contributed by atoms with van der Waals surface area (Å²) in [5.74, 6) is -1.23. The number of amides is 1. The van der Waals surface area contributed by atoms with Gasteiger partial charge in [0.15, 0.2) is 0 Å². The number of aliphatic carboxylic acids is 1. The zero-order valence-electron chi connectivity index (χ0n) is 11.8. The van der Waals surface area contributed by atoms with E-state index in [0.717, 1.165) is 5.56 Å². The fourth-order valence-corrected chi connectivity index (χ4v) is 1.76. The molecular weight excluding hydrogens is 258 g/mol. The van der Waals surface area contributed by atoms with Crippen LogP contribution in [0.4, 0.5) is 0 Å². The minimum absolute atomic E-state index is 0.142. The molecule has 0 heterocycles. The smallest absolute Gasteiger partial charge is 0.326 e. The number of nitrogens with one attached hydrogen (secondary N) is 1. The summed E-state index contributed by atoms with van der Waals surface area (Å²) >= 11 is 0. The summed E-state index contributed by atoms with van der Waals surface area (Å²) in [6, 6.07) is 8.62. The molecule has 0 aliphatic heterocycles. The number of carbonyl (C=O) groups excluding carboxylic acids is 1. The summed E-state index contributed by atoms with van der Waals surface area (Å²) < 4.78 is 5.26. The normalized spacial score (nSPS) is 12.2. The fraction of sp³-hybridized carbons (Fsp3) is 0.467. The van der Waals surface area contributed by atoms with Gasteiger partial charge in [0, 0.05) is 0 Å². The van der Waals surface area contributed by atoms with Crippen LogP contribution in [0.15, 0.2) is 30.3 Å². The predicted molar refractivity (Wildman–Crippen MR) is 75.1 cm³/mol. The number of hydrogen-bond acceptors (Lipinski definition) is 3. The third-order valence-electron chi connectivity index (χ3n) is 2.69. The van der Waals surface area contributed by atoms with Crippen molar-refractivity contribution in [3.8, 4) is 0 Å². The average Bonchev–Trinajstić information content (AvgIpc) is 2.38. The molecule has 0 bridgehead atoms. The number of rotatable bonds is 8. The molecule has 0 radical (unpaired) electrons. The van der Waals surface area contributed by atoms with Gasteiger partial charge in [0.05, 0.1) is 6.61 Å². The molecule has 0 saturated heterocycles. The lowest BCUT2D eigenvalue weighted by molar-refractivity contribution is -0.143. The molecule has 0 aliphatic carbocycles. The van der Waals surface area contributed by atoms with Gasteiger partial charge in [0.1, 0.15) is 12.6 Å². The Kier molecular flexibility index (Phi) is 6.73. The number of carboxylic acid groups (broad SMARTS) is 1. The minimum Gasteiger partial charge on any atom is -0.480 e. The molecule has 1 amide bonds. The molecule has 1 aromatic carbocycles. The van der Waals surface area contributed by atoms with E-state index in [1.54, 1.807) is 0 Å². The van der Waals surface area contributed by atoms with E-state index in [1.165, 1.54) is 0 Å². The van der Waals surface area contributed by atoms with Crippen LogP contribution >= 0.6 is 0 Å². The lowest BCUT2D eigenvalue weighted by atomic mass is 10.0. The van der Waals surface area contributed by atoms with Crippen LogP contribution in [-0.2, 0) is 20.9 Å². The van der Waals surface area contributed by atoms with Gasteiger partial charge in [-0.2, -0.15) is 0 Å². The van der Waals surface area contributed by atoms with Gasteiger partial charge < -0.3 is 15.2 Å². The Morgan fingerprint density at radius 2 is 1.90 bits per heavy atom. The first-order valence-electron chi connectivity index (χ1n) is 6.63. The van der Waals surface area contributed by atoms with Gasteiger partial charge in [-0.05, 0) is 17.9 Å². The van der Waals surface area contributed by atoms with Crippen LogP contribution in [0.1, 0.15) is 25.8 Å². The molecule has 2 N–H and O–H groups in total. The molecule has 5 heteroatoms. The maximum Gasteiger partial charge on any atom is 0.326 e. The standard InChI is InChI=1S/C15H21NO4/c1-11(2)8-13(15(18)19)16-14(17)10-20-9-12-6-4-3-5-7-12/h3-7,11,13H,8-10H2,1-2H3,(H,16,17)(H,18,19). The number of ether oxygens (including phenoxy) is 1. The largest absolute Gasteiger partial charge is 0.480 e. The van der Waals surface area contributed by atoms with Crippen molar-refractivity contribution in [2.24, 2.45) is 5.92 Å². The van der Waals surface area contributed by atoms with Crippen molar-refractivity contribution in [3.63, 3.8) is 0 Å². The third-order valence-corrected chi connectivity index (χ3v) is 2.69. The molecule has 0 saturated carbocycles. The predicted octanol–water partition coefficient (Wildman–Crippen LogP) is 1.82. The molecular formula is C15H21NO4. The first-order valence-corrected chi connectivity index (χ1v) is 6.63. The van der Waals surface area contributed by atoms with E-state index in [1.807, 2.05) is 44.2 Å². The molecule has 1 unspecified atom stereocenters. The molecule has 0 fully saturated rings. The Bertz CT molecular complexity index is 431. The highest BCUT2D eigenvalue weighted by Gasteiger charge is 2.20. The Labute approximate surface area is 118 Å². The highest BCUT2D eigenvalue weighted by molar-refractivity contribution is 5.84. The van der Waals surface area contributed by atoms with Crippen LogP contribution in [0.2, 0.25) is 0 Å². The fourth-order valence-electron chi connectivity index (χ4n) is 1.76. The lowest BCUT2D eigenvalue weighted by Crippen LogP contribution is -2.43. The highest BCUT2D eigenvalue weighted by atomic mass is 16.5. The third kappa shape index (κ3) is 6.33. The second-order valence-corrected chi connectivity index (χ2v) is 5.07. The number of benzene rings is 1. The van der Waals surface area contributed by atoms with Gasteiger partial charge in [-0.1, -0.05) is 44.2 Å². The van der Waals surface area contributed by atoms with Crippen molar-refractivity contribution in [1.82, 2.24) is 5.32 Å². The summed E-state index contributed by atoms with van der Waals surface area (Å²) in [5, 5.41) is 11.5. The van der Waals surface area contributed by atoms with Crippen molar-refractivity contribution in [3.05, 3.63) is 35.9 Å².